The molecule has 3 N–H and O–H groups in total. The Morgan fingerprint density at radius 2 is 1.86 bits per heavy atom. The number of hydrogen-bond donors (Lipinski definition) is 3. The molecule has 5 rings (SSSR count). The van der Waals surface area contributed by atoms with Crippen molar-refractivity contribution < 1.29 is 19.0 Å². The lowest BCUT2D eigenvalue weighted by atomic mass is 9.73. The number of rotatable bonds is 7. The summed E-state index contributed by atoms with van der Waals surface area (Å²) in [6.45, 7) is 3.73. The lowest BCUT2D eigenvalue weighted by Crippen LogP contribution is -2.54. The van der Waals surface area contributed by atoms with Crippen LogP contribution in [0.2, 0.25) is 0 Å². The van der Waals surface area contributed by atoms with Gasteiger partial charge in [0.1, 0.15) is 29.0 Å². The summed E-state index contributed by atoms with van der Waals surface area (Å²) in [4.78, 5) is 14.0. The number of aromatic hydroxyl groups is 1. The molecule has 3 aromatic carbocycles. The zero-order chi connectivity index (χ0) is 25.1. The first-order valence-corrected chi connectivity index (χ1v) is 12.8. The van der Waals surface area contributed by atoms with Gasteiger partial charge in [0.05, 0.1) is 0 Å². The van der Waals surface area contributed by atoms with Crippen molar-refractivity contribution in [3.8, 4) is 11.5 Å². The minimum atomic E-state index is -1.03. The van der Waals surface area contributed by atoms with Crippen molar-refractivity contribution in [1.29, 1.82) is 0 Å². The molecular weight excluding hydrogens is 455 g/mol. The van der Waals surface area contributed by atoms with Gasteiger partial charge in [-0.1, -0.05) is 24.6 Å². The largest absolute Gasteiger partial charge is 0.508 e. The Hall–Kier alpha value is -3.22. The number of hydrogen-bond acceptors (Lipinski definition) is 5. The molecule has 1 fully saturated rings. The van der Waals surface area contributed by atoms with E-state index in [0.29, 0.717) is 31.0 Å². The van der Waals surface area contributed by atoms with E-state index in [-0.39, 0.29) is 23.5 Å². The van der Waals surface area contributed by atoms with Gasteiger partial charge in [-0.05, 0) is 98.0 Å². The molecule has 1 saturated heterocycles. The lowest BCUT2D eigenvalue weighted by Gasteiger charge is -2.39. The van der Waals surface area contributed by atoms with E-state index in [1.165, 1.54) is 37.1 Å². The Balaban J connectivity index is 1.43. The van der Waals surface area contributed by atoms with Gasteiger partial charge >= 0.3 is 0 Å². The van der Waals surface area contributed by atoms with E-state index in [2.05, 4.69) is 17.6 Å². The van der Waals surface area contributed by atoms with Crippen molar-refractivity contribution in [1.82, 2.24) is 10.6 Å². The van der Waals surface area contributed by atoms with E-state index < -0.39 is 5.54 Å². The minimum absolute atomic E-state index is 0.0714. The molecule has 2 aliphatic heterocycles. The second kappa shape index (κ2) is 10.4. The van der Waals surface area contributed by atoms with E-state index in [1.54, 1.807) is 12.1 Å². The molecule has 2 aliphatic rings. The quantitative estimate of drug-likeness (QED) is 0.413. The van der Waals surface area contributed by atoms with Crippen LogP contribution < -0.4 is 15.4 Å². The van der Waals surface area contributed by atoms with Gasteiger partial charge < -0.3 is 20.5 Å². The van der Waals surface area contributed by atoms with E-state index in [9.17, 15) is 14.3 Å². The number of halogens is 1. The summed E-state index contributed by atoms with van der Waals surface area (Å²) >= 11 is 0. The van der Waals surface area contributed by atoms with Crippen LogP contribution in [-0.4, -0.2) is 36.1 Å². The number of nitrogens with one attached hydrogen (secondary N) is 2. The number of phenolic OH excluding ortho intramolecular Hbond substituents is 1. The first-order valence-electron chi connectivity index (χ1n) is 12.8. The molecule has 36 heavy (non-hydrogen) atoms. The first kappa shape index (κ1) is 24.5. The van der Waals surface area contributed by atoms with Crippen LogP contribution in [0.3, 0.4) is 0 Å². The Kier molecular flexibility index (Phi) is 7.08. The van der Waals surface area contributed by atoms with Gasteiger partial charge in [0, 0.05) is 24.6 Å². The highest BCUT2D eigenvalue weighted by Crippen LogP contribution is 2.37. The van der Waals surface area contributed by atoms with E-state index in [1.807, 2.05) is 30.3 Å². The fourth-order valence-corrected chi connectivity index (χ4v) is 5.57. The molecule has 3 unspecified atom stereocenters. The molecule has 0 spiro atoms. The average molecular weight is 489 g/mol. The van der Waals surface area contributed by atoms with Crippen molar-refractivity contribution in [2.75, 3.05) is 13.1 Å². The molecule has 0 aromatic heterocycles. The SMILES string of the molecule is CC(Oc1ccc(CC2(C(=O)c3ccc(F)cc3)NCCc3cc(O)ccc32)cc1)C1CCCCN1. The molecule has 0 radical (unpaired) electrons. The number of benzene rings is 3. The molecule has 2 heterocycles. The maximum atomic E-state index is 14.0. The number of phenols is 1. The summed E-state index contributed by atoms with van der Waals surface area (Å²) in [5, 5.41) is 17.1. The average Bonchev–Trinajstić information content (AvgIpc) is 2.90. The number of carbonyl (C=O) groups excluding carboxylic acids is 1. The normalized spacial score (nSPS) is 22.4. The van der Waals surface area contributed by atoms with Crippen molar-refractivity contribution in [2.24, 2.45) is 0 Å². The van der Waals surface area contributed by atoms with Gasteiger partial charge in [0.25, 0.3) is 0 Å². The van der Waals surface area contributed by atoms with Gasteiger partial charge in [-0.15, -0.1) is 0 Å². The Labute approximate surface area is 211 Å². The van der Waals surface area contributed by atoms with Crippen molar-refractivity contribution in [3.05, 3.63) is 94.8 Å². The van der Waals surface area contributed by atoms with Crippen LogP contribution in [0.5, 0.6) is 11.5 Å². The summed E-state index contributed by atoms with van der Waals surface area (Å²) in [5.74, 6) is 0.489. The monoisotopic (exact) mass is 488 g/mol. The third-order valence-corrected chi connectivity index (χ3v) is 7.49. The number of piperidine rings is 1. The van der Waals surface area contributed by atoms with Crippen LogP contribution in [0.25, 0.3) is 0 Å². The smallest absolute Gasteiger partial charge is 0.187 e. The highest BCUT2D eigenvalue weighted by Gasteiger charge is 2.43. The van der Waals surface area contributed by atoms with Crippen molar-refractivity contribution >= 4 is 5.78 Å². The van der Waals surface area contributed by atoms with E-state index in [4.69, 9.17) is 4.74 Å². The predicted octanol–water partition coefficient (Wildman–Crippen LogP) is 4.91. The Bertz CT molecular complexity index is 1210. The molecule has 0 aliphatic carbocycles. The van der Waals surface area contributed by atoms with Crippen LogP contribution in [0.15, 0.2) is 66.7 Å². The van der Waals surface area contributed by atoms with Crippen LogP contribution in [0.4, 0.5) is 4.39 Å². The van der Waals surface area contributed by atoms with E-state index >= 15 is 0 Å². The summed E-state index contributed by atoms with van der Waals surface area (Å²) in [7, 11) is 0. The molecule has 188 valence electrons. The zero-order valence-electron chi connectivity index (χ0n) is 20.6. The standard InChI is InChI=1S/C30H33FN2O3/c1-20(28-4-2-3-16-32-28)36-26-12-5-21(6-13-26)19-30(29(35)22-7-9-24(31)10-8-22)27-14-11-25(34)18-23(27)15-17-33-30/h5-14,18,20,28,32-34H,2-4,15-17,19H2,1H3. The lowest BCUT2D eigenvalue weighted by molar-refractivity contribution is 0.0836. The topological polar surface area (TPSA) is 70.6 Å². The molecule has 3 atom stereocenters. The predicted molar refractivity (Wildman–Crippen MR) is 138 cm³/mol. The highest BCUT2D eigenvalue weighted by molar-refractivity contribution is 6.04. The Morgan fingerprint density at radius 3 is 2.58 bits per heavy atom. The fraction of sp³-hybridized carbons (Fsp3) is 0.367. The number of Topliss-reactive ketones (excluding diaryl/α,β-unsaturated/α-hetero) is 1. The summed E-state index contributed by atoms with van der Waals surface area (Å²) in [6, 6.07) is 19.2. The number of ether oxygens (including phenoxy) is 1. The second-order valence-corrected chi connectivity index (χ2v) is 9.96. The van der Waals surface area contributed by atoms with Crippen LogP contribution >= 0.6 is 0 Å². The first-order chi connectivity index (χ1) is 17.4. The molecule has 0 saturated carbocycles. The van der Waals surface area contributed by atoms with Crippen LogP contribution in [-0.2, 0) is 18.4 Å². The fourth-order valence-electron chi connectivity index (χ4n) is 5.57. The number of fused-ring (bicyclic) bond motifs is 1. The zero-order valence-corrected chi connectivity index (χ0v) is 20.6. The summed E-state index contributed by atoms with van der Waals surface area (Å²) in [5.41, 5.74) is 2.19. The van der Waals surface area contributed by atoms with Crippen molar-refractivity contribution in [2.45, 2.75) is 56.7 Å². The van der Waals surface area contributed by atoms with Gasteiger partial charge in [-0.3, -0.25) is 4.79 Å². The number of carbonyl (C=O) groups is 1. The van der Waals surface area contributed by atoms with Crippen molar-refractivity contribution in [3.63, 3.8) is 0 Å². The Morgan fingerprint density at radius 1 is 1.08 bits per heavy atom. The molecule has 3 aromatic rings. The maximum Gasteiger partial charge on any atom is 0.187 e. The maximum absolute atomic E-state index is 14.0. The second-order valence-electron chi connectivity index (χ2n) is 9.96. The van der Waals surface area contributed by atoms with E-state index in [0.717, 1.165) is 35.4 Å². The third-order valence-electron chi connectivity index (χ3n) is 7.49. The van der Waals surface area contributed by atoms with Crippen LogP contribution in [0.1, 0.15) is 53.2 Å². The molecule has 6 heteroatoms. The van der Waals surface area contributed by atoms with Gasteiger partial charge in [0.15, 0.2) is 5.78 Å². The highest BCUT2D eigenvalue weighted by atomic mass is 19.1. The minimum Gasteiger partial charge on any atom is -0.508 e. The molecule has 0 amide bonds. The van der Waals surface area contributed by atoms with Gasteiger partial charge in [-0.2, -0.15) is 0 Å². The molecular formula is C30H33FN2O3. The van der Waals surface area contributed by atoms with Gasteiger partial charge in [0.2, 0.25) is 0 Å². The summed E-state index contributed by atoms with van der Waals surface area (Å²) < 4.78 is 19.8. The third kappa shape index (κ3) is 5.01. The summed E-state index contributed by atoms with van der Waals surface area (Å²) in [6.07, 6.45) is 4.76. The van der Waals surface area contributed by atoms with Crippen LogP contribution in [0, 0.1) is 5.82 Å². The molecule has 5 nitrogen and oxygen atoms in total. The number of ketones is 1. The molecule has 0 bridgehead atoms. The van der Waals surface area contributed by atoms with Gasteiger partial charge in [-0.25, -0.2) is 4.39 Å².